The first-order valence-corrected chi connectivity index (χ1v) is 16.5. The molecule has 0 saturated heterocycles. The Balaban J connectivity index is 1.53. The lowest BCUT2D eigenvalue weighted by atomic mass is 10.0. The number of carbonyl (C=O) groups is 2. The summed E-state index contributed by atoms with van der Waals surface area (Å²) in [6.07, 6.45) is 6.20. The van der Waals surface area contributed by atoms with E-state index in [0.717, 1.165) is 38.2 Å². The number of hydrogen-bond donors (Lipinski definition) is 2. The van der Waals surface area contributed by atoms with Crippen LogP contribution in [0, 0.1) is 13.8 Å². The fraction of sp³-hybridized carbons (Fsp3) is 0.406. The van der Waals surface area contributed by atoms with Crippen molar-refractivity contribution >= 4 is 62.6 Å². The third-order valence-corrected chi connectivity index (χ3v) is 10.6. The van der Waals surface area contributed by atoms with E-state index < -0.39 is 5.97 Å². The molecule has 0 spiro atoms. The van der Waals surface area contributed by atoms with E-state index in [4.69, 9.17) is 30.8 Å². The van der Waals surface area contributed by atoms with Gasteiger partial charge in [-0.3, -0.25) is 14.9 Å². The maximum atomic E-state index is 13.8. The molecule has 11 heteroatoms. The number of esters is 1. The van der Waals surface area contributed by atoms with Crippen LogP contribution in [0.2, 0.25) is 5.02 Å². The van der Waals surface area contributed by atoms with Gasteiger partial charge in [-0.15, -0.1) is 11.3 Å². The van der Waals surface area contributed by atoms with E-state index in [1.165, 1.54) is 50.6 Å². The van der Waals surface area contributed by atoms with Crippen LogP contribution >= 0.6 is 34.7 Å². The Morgan fingerprint density at radius 3 is 2.51 bits per heavy atom. The quantitative estimate of drug-likeness (QED) is 0.169. The first-order chi connectivity index (χ1) is 20.7. The second kappa shape index (κ2) is 13.6. The number of aromatic amines is 1. The number of H-pyrrole nitrogens is 1. The van der Waals surface area contributed by atoms with Gasteiger partial charge in [0, 0.05) is 44.0 Å². The molecule has 1 aliphatic carbocycles. The van der Waals surface area contributed by atoms with Crippen LogP contribution in [0.5, 0.6) is 11.5 Å². The van der Waals surface area contributed by atoms with Crippen molar-refractivity contribution in [3.8, 4) is 22.8 Å². The molecule has 1 amide bonds. The number of ether oxygens (including phenoxy) is 3. The van der Waals surface area contributed by atoms with Crippen molar-refractivity contribution in [1.82, 2.24) is 9.97 Å². The molecule has 8 nitrogen and oxygen atoms in total. The first-order valence-electron chi connectivity index (χ1n) is 14.3. The van der Waals surface area contributed by atoms with E-state index in [0.29, 0.717) is 43.9 Å². The topological polar surface area (TPSA) is 103 Å². The highest BCUT2D eigenvalue weighted by Crippen LogP contribution is 2.44. The fourth-order valence-corrected chi connectivity index (χ4v) is 8.27. The highest BCUT2D eigenvalue weighted by molar-refractivity contribution is 7.99. The van der Waals surface area contributed by atoms with Crippen LogP contribution in [0.1, 0.15) is 64.2 Å². The molecular weight excluding hydrogens is 606 g/mol. The molecule has 0 atom stereocenters. The number of methoxy groups -OCH3 is 3. The summed E-state index contributed by atoms with van der Waals surface area (Å²) in [5, 5.41) is 5.32. The summed E-state index contributed by atoms with van der Waals surface area (Å²) in [4.78, 5) is 35.4. The first kappa shape index (κ1) is 31.2. The van der Waals surface area contributed by atoms with Crippen LogP contribution < -0.4 is 14.8 Å². The second-order valence-corrected chi connectivity index (χ2v) is 13.5. The zero-order chi connectivity index (χ0) is 30.7. The van der Waals surface area contributed by atoms with E-state index in [-0.39, 0.29) is 12.3 Å². The van der Waals surface area contributed by atoms with E-state index >= 15 is 0 Å². The van der Waals surface area contributed by atoms with Crippen LogP contribution in [0.25, 0.3) is 22.2 Å². The number of rotatable bonds is 10. The van der Waals surface area contributed by atoms with Crippen molar-refractivity contribution in [2.75, 3.05) is 26.6 Å². The molecule has 4 aromatic rings. The summed E-state index contributed by atoms with van der Waals surface area (Å²) in [6, 6.07) is 7.57. The molecule has 2 N–H and O–H groups in total. The van der Waals surface area contributed by atoms with Gasteiger partial charge in [0.25, 0.3) is 5.91 Å². The van der Waals surface area contributed by atoms with Gasteiger partial charge in [-0.1, -0.05) is 42.5 Å². The van der Waals surface area contributed by atoms with E-state index in [1.54, 1.807) is 20.3 Å². The van der Waals surface area contributed by atoms with Crippen LogP contribution in [0.3, 0.4) is 0 Å². The summed E-state index contributed by atoms with van der Waals surface area (Å²) in [7, 11) is 4.51. The van der Waals surface area contributed by atoms with Crippen LogP contribution in [-0.4, -0.2) is 48.4 Å². The Bertz CT molecular complexity index is 1660. The van der Waals surface area contributed by atoms with Gasteiger partial charge in [-0.2, -0.15) is 11.8 Å². The number of carbonyl (C=O) groups excluding carboxylic acids is 2. The number of anilines is 1. The average Bonchev–Trinajstić information content (AvgIpc) is 3.57. The van der Waals surface area contributed by atoms with Gasteiger partial charge in [0.15, 0.2) is 5.13 Å². The van der Waals surface area contributed by atoms with Gasteiger partial charge in [0.1, 0.15) is 17.2 Å². The molecule has 228 valence electrons. The molecule has 1 aliphatic rings. The molecule has 1 saturated carbocycles. The van der Waals surface area contributed by atoms with E-state index in [2.05, 4.69) is 10.3 Å². The van der Waals surface area contributed by atoms with Gasteiger partial charge in [-0.05, 0) is 44.4 Å². The number of thiazole rings is 1. The SMILES string of the molecule is COC(=O)Cc1c(C(=O)Nc2nc(-c3cc(OC)c(Cl)cc3OC)c(CSC3CCCCC3)s2)[nH]c2c(C)cc(C)cc12. The van der Waals surface area contributed by atoms with Crippen molar-refractivity contribution < 1.29 is 23.8 Å². The van der Waals surface area contributed by atoms with Crippen molar-refractivity contribution in [3.05, 3.63) is 56.5 Å². The zero-order valence-corrected chi connectivity index (χ0v) is 27.4. The summed E-state index contributed by atoms with van der Waals surface area (Å²) in [5.41, 5.74) is 5.21. The average molecular weight is 642 g/mol. The third kappa shape index (κ3) is 6.81. The predicted octanol–water partition coefficient (Wildman–Crippen LogP) is 8.11. The lowest BCUT2D eigenvalue weighted by Gasteiger charge is -2.20. The van der Waals surface area contributed by atoms with E-state index in [1.807, 2.05) is 43.8 Å². The summed E-state index contributed by atoms with van der Waals surface area (Å²) >= 11 is 9.78. The van der Waals surface area contributed by atoms with Crippen molar-refractivity contribution in [3.63, 3.8) is 0 Å². The normalized spacial score (nSPS) is 13.7. The summed E-state index contributed by atoms with van der Waals surface area (Å²) < 4.78 is 16.1. The molecule has 2 aromatic carbocycles. The van der Waals surface area contributed by atoms with Crippen molar-refractivity contribution in [2.45, 2.75) is 63.4 Å². The fourth-order valence-electron chi connectivity index (χ4n) is 5.64. The minimum atomic E-state index is -0.420. The van der Waals surface area contributed by atoms with Gasteiger partial charge < -0.3 is 19.2 Å². The van der Waals surface area contributed by atoms with E-state index in [9.17, 15) is 9.59 Å². The number of aromatic nitrogens is 2. The number of halogens is 1. The summed E-state index contributed by atoms with van der Waals surface area (Å²) in [5.74, 6) is 1.04. The maximum absolute atomic E-state index is 13.8. The Morgan fingerprint density at radius 1 is 1.07 bits per heavy atom. The number of aryl methyl sites for hydroxylation is 2. The molecule has 0 radical (unpaired) electrons. The third-order valence-electron chi connectivity index (χ3n) is 7.78. The zero-order valence-electron chi connectivity index (χ0n) is 25.0. The molecule has 5 rings (SSSR count). The lowest BCUT2D eigenvalue weighted by Crippen LogP contribution is -2.16. The molecule has 43 heavy (non-hydrogen) atoms. The minimum Gasteiger partial charge on any atom is -0.496 e. The minimum absolute atomic E-state index is 0.0314. The Morgan fingerprint density at radius 2 is 1.81 bits per heavy atom. The van der Waals surface area contributed by atoms with Gasteiger partial charge in [-0.25, -0.2) is 4.98 Å². The molecule has 2 aromatic heterocycles. The highest BCUT2D eigenvalue weighted by Gasteiger charge is 2.25. The molecule has 0 bridgehead atoms. The summed E-state index contributed by atoms with van der Waals surface area (Å²) in [6.45, 7) is 3.97. The standard InChI is InChI=1S/C32H36ClN3O5S2/c1-17-11-18(2)28-20(12-17)21(14-27(37)41-5)30(34-28)31(38)36-32-35-29(22-13-25(40-4)23(33)15-24(22)39-3)26(43-32)16-42-19-9-7-6-8-10-19/h11-13,15,19,34H,6-10,14,16H2,1-5H3,(H,35,36,38). The smallest absolute Gasteiger partial charge is 0.310 e. The van der Waals surface area contributed by atoms with Crippen LogP contribution in [0.15, 0.2) is 24.3 Å². The van der Waals surface area contributed by atoms with Crippen molar-refractivity contribution in [2.24, 2.45) is 0 Å². The molecule has 2 heterocycles. The number of fused-ring (bicyclic) bond motifs is 1. The predicted molar refractivity (Wildman–Crippen MR) is 175 cm³/mol. The molecule has 0 aliphatic heterocycles. The molecule has 1 fully saturated rings. The largest absolute Gasteiger partial charge is 0.496 e. The Kier molecular flexibility index (Phi) is 9.88. The number of nitrogens with zero attached hydrogens (tertiary/aromatic N) is 1. The van der Waals surface area contributed by atoms with Crippen molar-refractivity contribution in [1.29, 1.82) is 0 Å². The van der Waals surface area contributed by atoms with Gasteiger partial charge in [0.05, 0.1) is 38.5 Å². The number of amides is 1. The Hall–Kier alpha value is -3.21. The number of nitrogens with one attached hydrogen (secondary N) is 2. The van der Waals surface area contributed by atoms with Gasteiger partial charge >= 0.3 is 5.97 Å². The highest BCUT2D eigenvalue weighted by atomic mass is 35.5. The number of benzene rings is 2. The number of hydrogen-bond acceptors (Lipinski definition) is 8. The second-order valence-electron chi connectivity index (χ2n) is 10.7. The molecule has 0 unspecified atom stereocenters. The van der Waals surface area contributed by atoms with Crippen LogP contribution in [0.4, 0.5) is 5.13 Å². The maximum Gasteiger partial charge on any atom is 0.310 e. The van der Waals surface area contributed by atoms with Crippen LogP contribution in [-0.2, 0) is 21.7 Å². The number of thioether (sulfide) groups is 1. The monoisotopic (exact) mass is 641 g/mol. The lowest BCUT2D eigenvalue weighted by molar-refractivity contribution is -0.139. The Labute approximate surface area is 264 Å². The van der Waals surface area contributed by atoms with Gasteiger partial charge in [0.2, 0.25) is 0 Å². The molecular formula is C32H36ClN3O5S2.